The summed E-state index contributed by atoms with van der Waals surface area (Å²) in [4.78, 5) is 24.5. The van der Waals surface area contributed by atoms with Crippen molar-refractivity contribution in [1.29, 1.82) is 0 Å². The number of piperazine rings is 1. The lowest BCUT2D eigenvalue weighted by Gasteiger charge is -2.34. The van der Waals surface area contributed by atoms with Crippen molar-refractivity contribution in [3.05, 3.63) is 66.2 Å². The minimum Gasteiger partial charge on any atom is -0.382 e. The summed E-state index contributed by atoms with van der Waals surface area (Å²) in [6, 6.07) is 15.8. The van der Waals surface area contributed by atoms with Crippen LogP contribution in [0.2, 0.25) is 0 Å². The van der Waals surface area contributed by atoms with Crippen molar-refractivity contribution in [2.45, 2.75) is 25.6 Å². The highest BCUT2D eigenvalue weighted by Crippen LogP contribution is 2.35. The molecular formula is C28H31F3N6O. The first-order valence-corrected chi connectivity index (χ1v) is 12.8. The van der Waals surface area contributed by atoms with Gasteiger partial charge in [-0.3, -0.25) is 4.90 Å². The molecule has 2 amide bonds. The molecule has 38 heavy (non-hydrogen) atoms. The van der Waals surface area contributed by atoms with E-state index in [1.165, 1.54) is 6.07 Å². The normalized spacial score (nSPS) is 18.4. The molecule has 2 aliphatic heterocycles. The molecule has 3 heterocycles. The van der Waals surface area contributed by atoms with Crippen LogP contribution in [0.5, 0.6) is 0 Å². The van der Waals surface area contributed by atoms with E-state index in [4.69, 9.17) is 0 Å². The van der Waals surface area contributed by atoms with Gasteiger partial charge in [0.15, 0.2) is 5.82 Å². The molecule has 1 fully saturated rings. The molecule has 0 aliphatic carbocycles. The summed E-state index contributed by atoms with van der Waals surface area (Å²) in [5, 5.41) is 6.32. The van der Waals surface area contributed by atoms with Crippen molar-refractivity contribution in [3.63, 3.8) is 0 Å². The number of carbonyl (C=O) groups is 1. The monoisotopic (exact) mass is 524 g/mol. The fourth-order valence-electron chi connectivity index (χ4n) is 4.86. The Morgan fingerprint density at radius 3 is 2.55 bits per heavy atom. The number of rotatable bonds is 3. The maximum absolute atomic E-state index is 13.6. The Bertz CT molecular complexity index is 1310. The zero-order valence-electron chi connectivity index (χ0n) is 21.4. The summed E-state index contributed by atoms with van der Waals surface area (Å²) >= 11 is 0. The van der Waals surface area contributed by atoms with E-state index in [0.29, 0.717) is 41.4 Å². The van der Waals surface area contributed by atoms with Crippen molar-refractivity contribution < 1.29 is 18.0 Å². The minimum atomic E-state index is -4.46. The molecule has 0 unspecified atom stereocenters. The lowest BCUT2D eigenvalue weighted by Crippen LogP contribution is -2.44. The van der Waals surface area contributed by atoms with E-state index in [1.807, 2.05) is 31.2 Å². The first-order chi connectivity index (χ1) is 18.2. The van der Waals surface area contributed by atoms with E-state index >= 15 is 0 Å². The van der Waals surface area contributed by atoms with E-state index in [1.54, 1.807) is 23.1 Å². The van der Waals surface area contributed by atoms with E-state index in [2.05, 4.69) is 32.5 Å². The maximum atomic E-state index is 13.6. The zero-order valence-corrected chi connectivity index (χ0v) is 21.4. The molecule has 3 aromatic rings. The number of nitrogens with one attached hydrogen (secondary N) is 2. The number of anilines is 4. The van der Waals surface area contributed by atoms with Gasteiger partial charge in [0.1, 0.15) is 0 Å². The van der Waals surface area contributed by atoms with Gasteiger partial charge < -0.3 is 20.4 Å². The highest BCUT2D eigenvalue weighted by atomic mass is 19.4. The number of alkyl halides is 3. The number of urea groups is 1. The number of fused-ring (bicyclic) bond motifs is 1. The molecular weight excluding hydrogens is 493 g/mol. The Labute approximate surface area is 220 Å². The fourth-order valence-corrected chi connectivity index (χ4v) is 4.86. The highest BCUT2D eigenvalue weighted by molar-refractivity contribution is 6.04. The Hall–Kier alpha value is -3.79. The van der Waals surface area contributed by atoms with Gasteiger partial charge in [0.2, 0.25) is 0 Å². The Balaban J connectivity index is 1.43. The van der Waals surface area contributed by atoms with E-state index in [-0.39, 0.29) is 12.1 Å². The van der Waals surface area contributed by atoms with Crippen molar-refractivity contribution >= 4 is 28.9 Å². The van der Waals surface area contributed by atoms with Crippen LogP contribution in [0.15, 0.2) is 60.7 Å². The lowest BCUT2D eigenvalue weighted by molar-refractivity contribution is -0.137. The van der Waals surface area contributed by atoms with Crippen LogP contribution in [0.1, 0.15) is 18.9 Å². The van der Waals surface area contributed by atoms with Gasteiger partial charge in [0.25, 0.3) is 0 Å². The number of hydrogen-bond acceptors (Lipinski definition) is 5. The minimum absolute atomic E-state index is 0.186. The molecule has 5 rings (SSSR count). The zero-order chi connectivity index (χ0) is 26.9. The summed E-state index contributed by atoms with van der Waals surface area (Å²) in [5.74, 6) is 0.387. The van der Waals surface area contributed by atoms with Gasteiger partial charge >= 0.3 is 12.2 Å². The van der Waals surface area contributed by atoms with Gasteiger partial charge in [-0.2, -0.15) is 13.2 Å². The topological polar surface area (TPSA) is 63.7 Å². The average Bonchev–Trinajstić information content (AvgIpc) is 3.06. The smallest absolute Gasteiger partial charge is 0.382 e. The second-order valence-electron chi connectivity index (χ2n) is 9.85. The predicted octanol–water partition coefficient (Wildman–Crippen LogP) is 5.76. The maximum Gasteiger partial charge on any atom is 0.416 e. The molecule has 1 aromatic heterocycles. The molecule has 0 radical (unpaired) electrons. The molecule has 10 heteroatoms. The third-order valence-electron chi connectivity index (χ3n) is 7.09. The third kappa shape index (κ3) is 5.55. The van der Waals surface area contributed by atoms with Gasteiger partial charge in [-0.25, -0.2) is 9.78 Å². The standard InChI is InChI=1S/C28H31F3N6O/c1-19-11-12-32-25-10-9-24(20-5-3-6-21(17-20)28(29,30)31)34-26(25)37(19)27(38)33-22-7-4-8-23(18-22)36-15-13-35(2)14-16-36/h3-10,17-19,32H,11-16H2,1-2H3,(H,33,38)/t19-/m1/s1. The van der Waals surface area contributed by atoms with Crippen molar-refractivity contribution in [1.82, 2.24) is 9.88 Å². The second-order valence-corrected chi connectivity index (χ2v) is 9.85. The van der Waals surface area contributed by atoms with Gasteiger partial charge in [-0.05, 0) is 62.9 Å². The molecule has 1 saturated heterocycles. The summed E-state index contributed by atoms with van der Waals surface area (Å²) in [5.41, 5.74) is 2.33. The van der Waals surface area contributed by atoms with Crippen molar-refractivity contribution in [3.8, 4) is 11.3 Å². The quantitative estimate of drug-likeness (QED) is 0.456. The number of likely N-dealkylation sites (N-methyl/N-ethyl adjacent to an activating group) is 1. The number of benzene rings is 2. The lowest BCUT2D eigenvalue weighted by atomic mass is 10.1. The van der Waals surface area contributed by atoms with Crippen LogP contribution >= 0.6 is 0 Å². The number of pyridine rings is 1. The Morgan fingerprint density at radius 2 is 1.79 bits per heavy atom. The van der Waals surface area contributed by atoms with Crippen LogP contribution in [0.25, 0.3) is 11.3 Å². The number of amides is 2. The fraction of sp³-hybridized carbons (Fsp3) is 0.357. The molecule has 0 saturated carbocycles. The van der Waals surface area contributed by atoms with Crippen LogP contribution in [0.3, 0.4) is 0 Å². The number of halogens is 3. The van der Waals surface area contributed by atoms with Crippen LogP contribution in [0, 0.1) is 0 Å². The van der Waals surface area contributed by atoms with E-state index in [9.17, 15) is 18.0 Å². The second kappa shape index (κ2) is 10.5. The van der Waals surface area contributed by atoms with Gasteiger partial charge in [-0.15, -0.1) is 0 Å². The summed E-state index contributed by atoms with van der Waals surface area (Å²) in [6.07, 6.45) is -3.77. The van der Waals surface area contributed by atoms with E-state index < -0.39 is 11.7 Å². The largest absolute Gasteiger partial charge is 0.416 e. The van der Waals surface area contributed by atoms with Gasteiger partial charge in [-0.1, -0.05) is 18.2 Å². The third-order valence-corrected chi connectivity index (χ3v) is 7.09. The number of nitrogens with zero attached hydrogens (tertiary/aromatic N) is 4. The molecule has 2 aliphatic rings. The summed E-state index contributed by atoms with van der Waals surface area (Å²) in [6.45, 7) is 6.37. The summed E-state index contributed by atoms with van der Waals surface area (Å²) in [7, 11) is 2.11. The number of aromatic nitrogens is 1. The first kappa shape index (κ1) is 25.8. The van der Waals surface area contributed by atoms with Crippen LogP contribution < -0.4 is 20.4 Å². The summed E-state index contributed by atoms with van der Waals surface area (Å²) < 4.78 is 39.9. The molecule has 2 N–H and O–H groups in total. The number of carbonyl (C=O) groups excluding carboxylic acids is 1. The predicted molar refractivity (Wildman–Crippen MR) is 145 cm³/mol. The van der Waals surface area contributed by atoms with Gasteiger partial charge in [0, 0.05) is 55.7 Å². The molecule has 7 nitrogen and oxygen atoms in total. The van der Waals surface area contributed by atoms with Crippen LogP contribution in [-0.4, -0.2) is 61.7 Å². The van der Waals surface area contributed by atoms with Crippen molar-refractivity contribution in [2.75, 3.05) is 60.2 Å². The molecule has 0 bridgehead atoms. The number of hydrogen-bond donors (Lipinski definition) is 2. The van der Waals surface area contributed by atoms with Crippen LogP contribution in [0.4, 0.5) is 40.8 Å². The van der Waals surface area contributed by atoms with E-state index in [0.717, 1.165) is 44.0 Å². The van der Waals surface area contributed by atoms with Crippen LogP contribution in [-0.2, 0) is 6.18 Å². The Morgan fingerprint density at radius 1 is 1.03 bits per heavy atom. The SMILES string of the molecule is C[C@@H]1CCNc2ccc(-c3cccc(C(F)(F)F)c3)nc2N1C(=O)Nc1cccc(N2CCN(C)CC2)c1. The molecule has 0 spiro atoms. The Kier molecular flexibility index (Phi) is 7.16. The first-order valence-electron chi connectivity index (χ1n) is 12.8. The van der Waals surface area contributed by atoms with Gasteiger partial charge in [0.05, 0.1) is 16.9 Å². The highest BCUT2D eigenvalue weighted by Gasteiger charge is 2.31. The van der Waals surface area contributed by atoms with Crippen molar-refractivity contribution in [2.24, 2.45) is 0 Å². The molecule has 1 atom stereocenters. The average molecular weight is 525 g/mol. The molecule has 2 aromatic carbocycles. The molecule has 200 valence electrons.